The number of nitrogens with one attached hydrogen (secondary N) is 2. The summed E-state index contributed by atoms with van der Waals surface area (Å²) in [6, 6.07) is 23.4. The van der Waals surface area contributed by atoms with Crippen LogP contribution in [0.1, 0.15) is 41.3 Å². The number of amides is 2. The Morgan fingerprint density at radius 3 is 2.23 bits per heavy atom. The van der Waals surface area contributed by atoms with E-state index in [0.29, 0.717) is 23.6 Å². The van der Waals surface area contributed by atoms with Gasteiger partial charge in [-0.15, -0.1) is 0 Å². The Balaban J connectivity index is 1.42. The molecule has 0 spiro atoms. The van der Waals surface area contributed by atoms with Crippen molar-refractivity contribution >= 4 is 29.1 Å². The minimum atomic E-state index is -0.250. The van der Waals surface area contributed by atoms with Crippen molar-refractivity contribution in [1.82, 2.24) is 10.2 Å². The molecule has 2 amide bonds. The second-order valence-electron chi connectivity index (χ2n) is 8.79. The van der Waals surface area contributed by atoms with Crippen LogP contribution < -0.4 is 15.4 Å². The molecule has 6 nitrogen and oxygen atoms in total. The van der Waals surface area contributed by atoms with Crippen LogP contribution in [-0.4, -0.2) is 35.8 Å². The molecule has 1 aliphatic rings. The maximum absolute atomic E-state index is 13.3. The maximum atomic E-state index is 13.3. The van der Waals surface area contributed by atoms with E-state index >= 15 is 0 Å². The second kappa shape index (κ2) is 11.9. The van der Waals surface area contributed by atoms with Gasteiger partial charge in [0.1, 0.15) is 12.4 Å². The van der Waals surface area contributed by atoms with E-state index in [1.54, 1.807) is 12.1 Å². The number of hydrogen-bond acceptors (Lipinski definition) is 4. The van der Waals surface area contributed by atoms with Gasteiger partial charge in [0.05, 0.1) is 16.3 Å². The molecule has 7 heteroatoms. The highest BCUT2D eigenvalue weighted by molar-refractivity contribution is 6.34. The lowest BCUT2D eigenvalue weighted by atomic mass is 10.0. The van der Waals surface area contributed by atoms with Gasteiger partial charge in [-0.3, -0.25) is 14.5 Å². The third kappa shape index (κ3) is 7.07. The van der Waals surface area contributed by atoms with Gasteiger partial charge in [-0.05, 0) is 30.0 Å². The zero-order chi connectivity index (χ0) is 24.6. The summed E-state index contributed by atoms with van der Waals surface area (Å²) >= 11 is 6.39. The molecular weight excluding hydrogens is 462 g/mol. The fourth-order valence-electron chi connectivity index (χ4n) is 4.21. The van der Waals surface area contributed by atoms with Gasteiger partial charge in [0.15, 0.2) is 0 Å². The van der Waals surface area contributed by atoms with Gasteiger partial charge in [0.25, 0.3) is 5.91 Å². The molecule has 2 N–H and O–H groups in total. The van der Waals surface area contributed by atoms with Crippen LogP contribution in [0.3, 0.4) is 0 Å². The van der Waals surface area contributed by atoms with Gasteiger partial charge < -0.3 is 15.4 Å². The predicted molar refractivity (Wildman–Crippen MR) is 139 cm³/mol. The normalized spacial score (nSPS) is 14.3. The highest BCUT2D eigenvalue weighted by atomic mass is 35.5. The number of nitrogens with zero attached hydrogens (tertiary/aromatic N) is 1. The number of likely N-dealkylation sites (tertiary alicyclic amines) is 1. The highest BCUT2D eigenvalue weighted by Crippen LogP contribution is 2.32. The topological polar surface area (TPSA) is 70.7 Å². The molecule has 1 heterocycles. The van der Waals surface area contributed by atoms with Crippen molar-refractivity contribution < 1.29 is 14.3 Å². The minimum Gasteiger partial charge on any atom is -0.488 e. The number of benzene rings is 3. The van der Waals surface area contributed by atoms with E-state index in [-0.39, 0.29) is 22.9 Å². The third-order valence-corrected chi connectivity index (χ3v) is 6.35. The monoisotopic (exact) mass is 491 g/mol. The number of halogens is 1. The fraction of sp³-hybridized carbons (Fsp3) is 0.286. The minimum absolute atomic E-state index is 0.0743. The van der Waals surface area contributed by atoms with Crippen LogP contribution in [0, 0.1) is 0 Å². The first-order valence-corrected chi connectivity index (χ1v) is 12.2. The SMILES string of the molecule is CC(=O)Nc1cc(OCc2ccccc2)c(C(=O)NC2CCN(Cc3ccccc3)CC2)cc1Cl. The predicted octanol–water partition coefficient (Wildman–Crippen LogP) is 5.27. The Hall–Kier alpha value is -3.35. The second-order valence-corrected chi connectivity index (χ2v) is 9.20. The Kier molecular flexibility index (Phi) is 8.40. The Labute approximate surface area is 211 Å². The Morgan fingerprint density at radius 1 is 0.971 bits per heavy atom. The maximum Gasteiger partial charge on any atom is 0.255 e. The molecule has 0 radical (unpaired) electrons. The van der Waals surface area contributed by atoms with E-state index < -0.39 is 0 Å². The van der Waals surface area contributed by atoms with Crippen LogP contribution in [0.15, 0.2) is 72.8 Å². The molecule has 0 atom stereocenters. The van der Waals surface area contributed by atoms with Crippen molar-refractivity contribution in [3.8, 4) is 5.75 Å². The largest absolute Gasteiger partial charge is 0.488 e. The van der Waals surface area contributed by atoms with Gasteiger partial charge >= 0.3 is 0 Å². The van der Waals surface area contributed by atoms with E-state index in [1.807, 2.05) is 36.4 Å². The van der Waals surface area contributed by atoms with Crippen LogP contribution in [-0.2, 0) is 17.9 Å². The van der Waals surface area contributed by atoms with Crippen molar-refractivity contribution in [2.45, 2.75) is 39.0 Å². The van der Waals surface area contributed by atoms with Crippen LogP contribution >= 0.6 is 11.6 Å². The summed E-state index contributed by atoms with van der Waals surface area (Å²) in [4.78, 5) is 27.2. The molecule has 1 fully saturated rings. The molecule has 0 bridgehead atoms. The lowest BCUT2D eigenvalue weighted by Gasteiger charge is -2.32. The summed E-state index contributed by atoms with van der Waals surface area (Å²) in [5.74, 6) is -0.104. The lowest BCUT2D eigenvalue weighted by Crippen LogP contribution is -2.44. The zero-order valence-electron chi connectivity index (χ0n) is 19.8. The lowest BCUT2D eigenvalue weighted by molar-refractivity contribution is -0.114. The quantitative estimate of drug-likeness (QED) is 0.450. The number of carbonyl (C=O) groups is 2. The summed E-state index contributed by atoms with van der Waals surface area (Å²) in [5, 5.41) is 6.14. The standard InChI is InChI=1S/C28H30ClN3O3/c1-20(33)30-26-17-27(35-19-22-10-6-3-7-11-22)24(16-25(26)29)28(34)31-23-12-14-32(15-13-23)18-21-8-4-2-5-9-21/h2-11,16-17,23H,12-15,18-19H2,1H3,(H,30,33)(H,31,34). The summed E-state index contributed by atoms with van der Waals surface area (Å²) in [7, 11) is 0. The van der Waals surface area contributed by atoms with E-state index in [4.69, 9.17) is 16.3 Å². The average Bonchev–Trinajstić information content (AvgIpc) is 2.86. The van der Waals surface area contributed by atoms with E-state index in [1.165, 1.54) is 12.5 Å². The molecule has 35 heavy (non-hydrogen) atoms. The Morgan fingerprint density at radius 2 is 1.60 bits per heavy atom. The first kappa shape index (κ1) is 24.8. The fourth-order valence-corrected chi connectivity index (χ4v) is 4.42. The van der Waals surface area contributed by atoms with Crippen LogP contribution in [0.5, 0.6) is 5.75 Å². The van der Waals surface area contributed by atoms with E-state index in [9.17, 15) is 9.59 Å². The van der Waals surface area contributed by atoms with Crippen LogP contribution in [0.25, 0.3) is 0 Å². The average molecular weight is 492 g/mol. The van der Waals surface area contributed by atoms with Crippen molar-refractivity contribution in [1.29, 1.82) is 0 Å². The van der Waals surface area contributed by atoms with Gasteiger partial charge in [0.2, 0.25) is 5.91 Å². The van der Waals surface area contributed by atoms with Crippen molar-refractivity contribution in [3.05, 3.63) is 94.5 Å². The summed E-state index contributed by atoms with van der Waals surface area (Å²) in [5.41, 5.74) is 3.03. The van der Waals surface area contributed by atoms with Crippen LogP contribution in [0.2, 0.25) is 5.02 Å². The van der Waals surface area contributed by atoms with Gasteiger partial charge in [-0.25, -0.2) is 0 Å². The summed E-state index contributed by atoms with van der Waals surface area (Å²) < 4.78 is 6.02. The molecule has 0 aliphatic carbocycles. The molecule has 0 unspecified atom stereocenters. The van der Waals surface area contributed by atoms with Gasteiger partial charge in [-0.2, -0.15) is 0 Å². The number of piperidine rings is 1. The van der Waals surface area contributed by atoms with Crippen molar-refractivity contribution in [2.75, 3.05) is 18.4 Å². The first-order valence-electron chi connectivity index (χ1n) is 11.8. The zero-order valence-corrected chi connectivity index (χ0v) is 20.6. The number of carbonyl (C=O) groups excluding carboxylic acids is 2. The number of rotatable bonds is 8. The Bertz CT molecular complexity index is 1150. The molecular formula is C28H30ClN3O3. The summed E-state index contributed by atoms with van der Waals surface area (Å²) in [6.45, 7) is 4.45. The smallest absolute Gasteiger partial charge is 0.255 e. The molecule has 1 aliphatic heterocycles. The molecule has 182 valence electrons. The molecule has 3 aromatic rings. The molecule has 1 saturated heterocycles. The third-order valence-electron chi connectivity index (χ3n) is 6.03. The van der Waals surface area contributed by atoms with Crippen molar-refractivity contribution in [3.63, 3.8) is 0 Å². The summed E-state index contributed by atoms with van der Waals surface area (Å²) in [6.07, 6.45) is 1.74. The van der Waals surface area contributed by atoms with E-state index in [2.05, 4.69) is 39.8 Å². The van der Waals surface area contributed by atoms with E-state index in [0.717, 1.165) is 38.0 Å². The number of ether oxygens (including phenoxy) is 1. The van der Waals surface area contributed by atoms with Crippen LogP contribution in [0.4, 0.5) is 5.69 Å². The van der Waals surface area contributed by atoms with Gasteiger partial charge in [-0.1, -0.05) is 72.3 Å². The van der Waals surface area contributed by atoms with Crippen molar-refractivity contribution in [2.24, 2.45) is 0 Å². The molecule has 0 saturated carbocycles. The molecule has 4 rings (SSSR count). The van der Waals surface area contributed by atoms with Gasteiger partial charge in [0, 0.05) is 38.7 Å². The first-order chi connectivity index (χ1) is 17.0. The molecule has 0 aromatic heterocycles. The number of hydrogen-bond donors (Lipinski definition) is 2. The number of anilines is 1. The highest BCUT2D eigenvalue weighted by Gasteiger charge is 2.24. The molecule has 3 aromatic carbocycles.